The summed E-state index contributed by atoms with van der Waals surface area (Å²) < 4.78 is 6.63. The van der Waals surface area contributed by atoms with E-state index in [-0.39, 0.29) is 5.56 Å². The van der Waals surface area contributed by atoms with Crippen LogP contribution < -0.4 is 15.6 Å². The van der Waals surface area contributed by atoms with Gasteiger partial charge in [-0.3, -0.25) is 20.2 Å². The monoisotopic (exact) mass is 366 g/mol. The molecular weight excluding hydrogens is 348 g/mol. The predicted molar refractivity (Wildman–Crippen MR) is 103 cm³/mol. The Morgan fingerprint density at radius 2 is 1.93 bits per heavy atom. The van der Waals surface area contributed by atoms with Crippen LogP contribution in [0.3, 0.4) is 0 Å². The number of para-hydroxylation sites is 2. The average molecular weight is 366 g/mol. The number of rotatable bonds is 5. The molecule has 0 saturated carbocycles. The minimum Gasteiger partial charge on any atom is -0.494 e. The highest BCUT2D eigenvalue weighted by molar-refractivity contribution is 5.84. The highest BCUT2D eigenvalue weighted by atomic mass is 16.5. The molecule has 0 bridgehead atoms. The molecule has 1 aromatic heterocycles. The van der Waals surface area contributed by atoms with Crippen molar-refractivity contribution in [3.8, 4) is 11.4 Å². The molecule has 3 N–H and O–H groups in total. The fourth-order valence-corrected chi connectivity index (χ4v) is 2.58. The number of methoxy groups -OCH3 is 1. The molecule has 27 heavy (non-hydrogen) atoms. The first-order valence-corrected chi connectivity index (χ1v) is 8.08. The van der Waals surface area contributed by atoms with E-state index in [1.54, 1.807) is 50.4 Å². The predicted octanol–water partition coefficient (Wildman–Crippen LogP) is 3.32. The van der Waals surface area contributed by atoms with Gasteiger partial charge in [-0.05, 0) is 43.3 Å². The van der Waals surface area contributed by atoms with Crippen molar-refractivity contribution in [2.75, 3.05) is 12.4 Å². The Morgan fingerprint density at radius 3 is 2.59 bits per heavy atom. The zero-order chi connectivity index (χ0) is 19.4. The smallest absolute Gasteiger partial charge is 0.409 e. The molecule has 0 aliphatic heterocycles. The number of nitrogens with one attached hydrogen (secondary N) is 2. The highest BCUT2D eigenvalue weighted by Gasteiger charge is 2.11. The quantitative estimate of drug-likeness (QED) is 0.602. The van der Waals surface area contributed by atoms with E-state index < -0.39 is 6.09 Å². The van der Waals surface area contributed by atoms with Crippen LogP contribution in [0.2, 0.25) is 0 Å². The summed E-state index contributed by atoms with van der Waals surface area (Å²) in [6.07, 6.45) is 0.355. The van der Waals surface area contributed by atoms with E-state index in [2.05, 4.69) is 15.4 Å². The third kappa shape index (κ3) is 3.90. The van der Waals surface area contributed by atoms with E-state index >= 15 is 0 Å². The van der Waals surface area contributed by atoms with Crippen LogP contribution >= 0.6 is 0 Å². The summed E-state index contributed by atoms with van der Waals surface area (Å²) in [6.45, 7) is 1.78. The number of carbonyl (C=O) groups is 1. The molecule has 0 spiro atoms. The van der Waals surface area contributed by atoms with Crippen molar-refractivity contribution in [2.45, 2.75) is 6.92 Å². The SMILES string of the molecule is COc1ccccc1N=Cc1c(C)[nH]n(-c2ccc(NC(=O)O)cc2)c1=O. The number of hydrogen-bond acceptors (Lipinski definition) is 4. The van der Waals surface area contributed by atoms with Gasteiger partial charge in [-0.25, -0.2) is 9.48 Å². The Bertz CT molecular complexity index is 1050. The molecule has 2 aromatic carbocycles. The van der Waals surface area contributed by atoms with Gasteiger partial charge < -0.3 is 9.84 Å². The van der Waals surface area contributed by atoms with Gasteiger partial charge in [0.1, 0.15) is 11.4 Å². The number of benzene rings is 2. The second-order valence-electron chi connectivity index (χ2n) is 5.70. The van der Waals surface area contributed by atoms with Gasteiger partial charge in [0.25, 0.3) is 5.56 Å². The van der Waals surface area contributed by atoms with Crippen LogP contribution in [0.5, 0.6) is 5.75 Å². The first-order chi connectivity index (χ1) is 13.0. The van der Waals surface area contributed by atoms with Gasteiger partial charge in [0.2, 0.25) is 0 Å². The number of anilines is 1. The number of carboxylic acid groups (broad SMARTS) is 1. The average Bonchev–Trinajstić information content (AvgIpc) is 2.94. The summed E-state index contributed by atoms with van der Waals surface area (Å²) in [5.74, 6) is 0.615. The van der Waals surface area contributed by atoms with E-state index in [9.17, 15) is 9.59 Å². The Labute approximate surface area is 154 Å². The Kier molecular flexibility index (Phi) is 5.07. The molecule has 0 saturated heterocycles. The van der Waals surface area contributed by atoms with Gasteiger partial charge in [-0.2, -0.15) is 0 Å². The van der Waals surface area contributed by atoms with Gasteiger partial charge >= 0.3 is 6.09 Å². The Hall–Kier alpha value is -3.81. The van der Waals surface area contributed by atoms with Crippen LogP contribution in [0, 0.1) is 6.92 Å². The number of H-pyrrole nitrogens is 1. The molecule has 1 heterocycles. The summed E-state index contributed by atoms with van der Waals surface area (Å²) >= 11 is 0. The minimum absolute atomic E-state index is 0.259. The summed E-state index contributed by atoms with van der Waals surface area (Å²) in [6, 6.07) is 13.7. The van der Waals surface area contributed by atoms with Crippen molar-refractivity contribution in [3.63, 3.8) is 0 Å². The molecule has 0 aliphatic carbocycles. The van der Waals surface area contributed by atoms with Gasteiger partial charge in [0, 0.05) is 17.6 Å². The molecule has 8 heteroatoms. The molecule has 8 nitrogen and oxygen atoms in total. The molecule has 1 amide bonds. The lowest BCUT2D eigenvalue weighted by Gasteiger charge is -2.04. The van der Waals surface area contributed by atoms with Crippen LogP contribution in [0.15, 0.2) is 58.3 Å². The minimum atomic E-state index is -1.15. The van der Waals surface area contributed by atoms with Crippen molar-refractivity contribution in [2.24, 2.45) is 4.99 Å². The molecule has 0 atom stereocenters. The van der Waals surface area contributed by atoms with Gasteiger partial charge in [-0.15, -0.1) is 0 Å². The van der Waals surface area contributed by atoms with E-state index in [1.807, 2.05) is 12.1 Å². The van der Waals surface area contributed by atoms with Crippen LogP contribution in [0.1, 0.15) is 11.3 Å². The third-order valence-corrected chi connectivity index (χ3v) is 3.91. The van der Waals surface area contributed by atoms with Crippen LogP contribution in [-0.2, 0) is 0 Å². The van der Waals surface area contributed by atoms with E-state index in [4.69, 9.17) is 9.84 Å². The first-order valence-electron chi connectivity index (χ1n) is 8.08. The lowest BCUT2D eigenvalue weighted by molar-refractivity contribution is 0.210. The number of aliphatic imine (C=N–C) groups is 1. The molecule has 3 rings (SSSR count). The maximum absolute atomic E-state index is 12.7. The summed E-state index contributed by atoms with van der Waals surface area (Å²) in [7, 11) is 1.56. The summed E-state index contributed by atoms with van der Waals surface area (Å²) in [5.41, 5.74) is 2.44. The van der Waals surface area contributed by atoms with Gasteiger partial charge in [0.15, 0.2) is 0 Å². The number of aryl methyl sites for hydroxylation is 1. The van der Waals surface area contributed by atoms with E-state index in [0.29, 0.717) is 34.1 Å². The topological polar surface area (TPSA) is 109 Å². The Balaban J connectivity index is 1.92. The van der Waals surface area contributed by atoms with Crippen LogP contribution in [-0.4, -0.2) is 34.3 Å². The standard InChI is InChI=1S/C19H18N4O4/c1-12-15(11-20-16-5-3-4-6-17(16)27-2)18(24)23(22-12)14-9-7-13(8-10-14)21-19(25)26/h3-11,21-22H,1-2H3,(H,25,26). The van der Waals surface area contributed by atoms with Gasteiger partial charge in [-0.1, -0.05) is 12.1 Å². The number of aromatic nitrogens is 2. The molecule has 0 unspecified atom stereocenters. The first kappa shape index (κ1) is 18.0. The Morgan fingerprint density at radius 1 is 1.22 bits per heavy atom. The fraction of sp³-hybridized carbons (Fsp3) is 0.105. The van der Waals surface area contributed by atoms with Crippen molar-refractivity contribution in [1.29, 1.82) is 0 Å². The number of aromatic amines is 1. The molecule has 138 valence electrons. The maximum Gasteiger partial charge on any atom is 0.409 e. The molecular formula is C19H18N4O4. The van der Waals surface area contributed by atoms with Gasteiger partial charge in [0.05, 0.1) is 18.4 Å². The number of amides is 1. The second-order valence-corrected chi connectivity index (χ2v) is 5.70. The summed E-state index contributed by atoms with van der Waals surface area (Å²) in [4.78, 5) is 27.8. The number of hydrogen-bond donors (Lipinski definition) is 3. The van der Waals surface area contributed by atoms with Crippen molar-refractivity contribution in [3.05, 3.63) is 70.1 Å². The fourth-order valence-electron chi connectivity index (χ4n) is 2.58. The van der Waals surface area contributed by atoms with Crippen molar-refractivity contribution < 1.29 is 14.6 Å². The van der Waals surface area contributed by atoms with Crippen LogP contribution in [0.4, 0.5) is 16.2 Å². The zero-order valence-corrected chi connectivity index (χ0v) is 14.8. The van der Waals surface area contributed by atoms with E-state index in [1.165, 1.54) is 10.9 Å². The normalized spacial score (nSPS) is 10.9. The molecule has 0 aliphatic rings. The molecule has 0 radical (unpaired) electrons. The van der Waals surface area contributed by atoms with E-state index in [0.717, 1.165) is 0 Å². The lowest BCUT2D eigenvalue weighted by atomic mass is 10.2. The molecule has 0 fully saturated rings. The summed E-state index contributed by atoms with van der Waals surface area (Å²) in [5, 5.41) is 14.0. The largest absolute Gasteiger partial charge is 0.494 e. The molecule has 3 aromatic rings. The lowest BCUT2D eigenvalue weighted by Crippen LogP contribution is -2.17. The van der Waals surface area contributed by atoms with Crippen molar-refractivity contribution >= 4 is 23.7 Å². The van der Waals surface area contributed by atoms with Crippen LogP contribution in [0.25, 0.3) is 5.69 Å². The van der Waals surface area contributed by atoms with Crippen molar-refractivity contribution in [1.82, 2.24) is 9.78 Å². The number of ether oxygens (including phenoxy) is 1. The maximum atomic E-state index is 12.7. The second kappa shape index (κ2) is 7.61. The highest BCUT2D eigenvalue weighted by Crippen LogP contribution is 2.26. The number of nitrogens with zero attached hydrogens (tertiary/aromatic N) is 2. The third-order valence-electron chi connectivity index (χ3n) is 3.91. The zero-order valence-electron chi connectivity index (χ0n) is 14.8.